The number of hydrogen-bond acceptors (Lipinski definition) is 5. The van der Waals surface area contributed by atoms with Crippen LogP contribution in [-0.4, -0.2) is 16.2 Å². The molecule has 1 aliphatic carbocycles. The Bertz CT molecular complexity index is 1050. The third-order valence-corrected chi connectivity index (χ3v) is 4.34. The van der Waals surface area contributed by atoms with Gasteiger partial charge in [-0.15, -0.1) is 0 Å². The number of nitrogens with one attached hydrogen (secondary N) is 2. The van der Waals surface area contributed by atoms with Crippen molar-refractivity contribution in [3.05, 3.63) is 77.5 Å². The van der Waals surface area contributed by atoms with Crippen LogP contribution >= 0.6 is 0 Å². The van der Waals surface area contributed by atoms with Crippen molar-refractivity contribution < 1.29 is 0 Å². The maximum absolute atomic E-state index is 7.51. The van der Waals surface area contributed by atoms with Crippen molar-refractivity contribution in [2.45, 2.75) is 6.42 Å². The molecule has 1 heterocycles. The zero-order valence-electron chi connectivity index (χ0n) is 14.7. The second-order valence-electron chi connectivity index (χ2n) is 6.21. The second-order valence-corrected chi connectivity index (χ2v) is 6.21. The minimum Gasteiger partial charge on any atom is -0.398 e. The van der Waals surface area contributed by atoms with E-state index < -0.39 is 0 Å². The lowest BCUT2D eigenvalue weighted by Crippen LogP contribution is -2.04. The van der Waals surface area contributed by atoms with Gasteiger partial charge in [0.2, 0.25) is 0 Å². The highest BCUT2D eigenvalue weighted by atomic mass is 15.0. The lowest BCUT2D eigenvalue weighted by molar-refractivity contribution is 1.15. The van der Waals surface area contributed by atoms with Crippen LogP contribution in [0.5, 0.6) is 0 Å². The summed E-state index contributed by atoms with van der Waals surface area (Å²) in [4.78, 5) is 9.52. The Morgan fingerprint density at radius 3 is 2.63 bits per heavy atom. The van der Waals surface area contributed by atoms with Gasteiger partial charge < -0.3 is 16.5 Å². The normalized spacial score (nSPS) is 12.3. The van der Waals surface area contributed by atoms with E-state index >= 15 is 0 Å². The summed E-state index contributed by atoms with van der Waals surface area (Å²) in [5.74, 6) is 1.39. The lowest BCUT2D eigenvalue weighted by Gasteiger charge is -2.14. The predicted molar refractivity (Wildman–Crippen MR) is 112 cm³/mol. The van der Waals surface area contributed by atoms with Crippen molar-refractivity contribution in [1.29, 1.82) is 5.41 Å². The molecule has 5 heteroatoms. The fourth-order valence-corrected chi connectivity index (χ4v) is 2.95. The average Bonchev–Trinajstić information content (AvgIpc) is 2.95. The molecular formula is C22H19N5. The molecule has 0 saturated heterocycles. The first-order valence-corrected chi connectivity index (χ1v) is 8.72. The number of hydrogen-bond donors (Lipinski definition) is 3. The molecule has 1 aromatic heterocycles. The van der Waals surface area contributed by atoms with Crippen LogP contribution in [0.1, 0.15) is 23.2 Å². The summed E-state index contributed by atoms with van der Waals surface area (Å²) in [5.41, 5.74) is 10.7. The van der Waals surface area contributed by atoms with Gasteiger partial charge in [-0.25, -0.2) is 9.97 Å². The highest BCUT2D eigenvalue weighted by Crippen LogP contribution is 2.29. The largest absolute Gasteiger partial charge is 0.398 e. The van der Waals surface area contributed by atoms with Crippen LogP contribution < -0.4 is 11.1 Å². The Morgan fingerprint density at radius 2 is 1.81 bits per heavy atom. The highest BCUT2D eigenvalue weighted by Gasteiger charge is 2.14. The monoisotopic (exact) mass is 353 g/mol. The van der Waals surface area contributed by atoms with Crippen LogP contribution in [0, 0.1) is 5.41 Å². The number of nitrogens with zero attached hydrogens (tertiary/aromatic N) is 2. The zero-order chi connectivity index (χ0) is 18.6. The fourth-order valence-electron chi connectivity index (χ4n) is 2.95. The predicted octanol–water partition coefficient (Wildman–Crippen LogP) is 4.90. The first-order chi connectivity index (χ1) is 13.2. The molecule has 0 aliphatic heterocycles. The Morgan fingerprint density at radius 1 is 1.00 bits per heavy atom. The molecule has 0 radical (unpaired) electrons. The molecule has 0 fully saturated rings. The molecule has 0 bridgehead atoms. The first-order valence-electron chi connectivity index (χ1n) is 8.72. The van der Waals surface area contributed by atoms with Crippen LogP contribution in [0.4, 0.5) is 17.2 Å². The quantitative estimate of drug-likeness (QED) is 0.460. The minimum atomic E-state index is 0.574. The van der Waals surface area contributed by atoms with Crippen molar-refractivity contribution in [1.82, 2.24) is 9.97 Å². The molecule has 0 saturated carbocycles. The van der Waals surface area contributed by atoms with E-state index in [4.69, 9.17) is 21.1 Å². The summed E-state index contributed by atoms with van der Waals surface area (Å²) in [5, 5.41) is 10.9. The van der Waals surface area contributed by atoms with Gasteiger partial charge in [-0.2, -0.15) is 0 Å². The van der Waals surface area contributed by atoms with Gasteiger partial charge in [0.1, 0.15) is 5.82 Å². The van der Waals surface area contributed by atoms with Crippen LogP contribution in [0.2, 0.25) is 0 Å². The molecule has 5 nitrogen and oxygen atoms in total. The average molecular weight is 353 g/mol. The Kier molecular flexibility index (Phi) is 4.49. The molecule has 1 aliphatic rings. The third kappa shape index (κ3) is 3.48. The molecule has 0 spiro atoms. The molecule has 4 N–H and O–H groups in total. The summed E-state index contributed by atoms with van der Waals surface area (Å²) in [6.45, 7) is 0. The van der Waals surface area contributed by atoms with Crippen molar-refractivity contribution in [2.24, 2.45) is 0 Å². The number of aromatic nitrogens is 2. The van der Waals surface area contributed by atoms with Crippen LogP contribution in [0.15, 0.2) is 60.7 Å². The lowest BCUT2D eigenvalue weighted by atomic mass is 10.1. The fraction of sp³-hybridized carbons (Fsp3) is 0.0455. The number of benzene rings is 2. The topological polar surface area (TPSA) is 87.7 Å². The minimum absolute atomic E-state index is 0.574. The van der Waals surface area contributed by atoms with Crippen molar-refractivity contribution >= 4 is 35.6 Å². The van der Waals surface area contributed by atoms with Gasteiger partial charge in [0.05, 0.1) is 5.69 Å². The molecule has 0 amide bonds. The standard InChI is InChI=1S/C22H19N5/c23-14-16-13-17(11-12-19(16)24)25-22-18-9-5-2-6-10-20(18)26-21(27-22)15-7-3-1-4-8-15/h1,3-14,23H,2,24H2,(H,25,26,27). The molecular weight excluding hydrogens is 334 g/mol. The van der Waals surface area contributed by atoms with Crippen LogP contribution in [-0.2, 0) is 0 Å². The van der Waals surface area contributed by atoms with Gasteiger partial charge in [0, 0.05) is 34.3 Å². The molecule has 0 unspecified atom stereocenters. The number of fused-ring (bicyclic) bond motifs is 1. The van der Waals surface area contributed by atoms with E-state index in [1.807, 2.05) is 54.6 Å². The van der Waals surface area contributed by atoms with Crippen molar-refractivity contribution in [3.63, 3.8) is 0 Å². The number of nitrogens with two attached hydrogens (primary N) is 1. The molecule has 27 heavy (non-hydrogen) atoms. The smallest absolute Gasteiger partial charge is 0.162 e. The van der Waals surface area contributed by atoms with Gasteiger partial charge in [-0.05, 0) is 30.7 Å². The number of rotatable bonds is 4. The van der Waals surface area contributed by atoms with Crippen LogP contribution in [0.25, 0.3) is 23.5 Å². The molecule has 132 valence electrons. The maximum Gasteiger partial charge on any atom is 0.162 e. The van der Waals surface area contributed by atoms with E-state index in [1.165, 1.54) is 6.21 Å². The first kappa shape index (κ1) is 16.7. The van der Waals surface area contributed by atoms with E-state index in [0.717, 1.165) is 34.7 Å². The number of anilines is 3. The summed E-state index contributed by atoms with van der Waals surface area (Å²) < 4.78 is 0. The Balaban J connectivity index is 1.83. The number of allylic oxidation sites excluding steroid dienone is 2. The highest BCUT2D eigenvalue weighted by molar-refractivity contribution is 5.87. The zero-order valence-corrected chi connectivity index (χ0v) is 14.7. The van der Waals surface area contributed by atoms with Crippen molar-refractivity contribution in [3.8, 4) is 11.4 Å². The van der Waals surface area contributed by atoms with Crippen molar-refractivity contribution in [2.75, 3.05) is 11.1 Å². The SMILES string of the molecule is N=Cc1cc(Nc2nc(-c3ccccc3)nc3c2C=CCC=C3)ccc1N. The molecule has 3 aromatic rings. The van der Waals surface area contributed by atoms with Crippen LogP contribution in [0.3, 0.4) is 0 Å². The summed E-state index contributed by atoms with van der Waals surface area (Å²) in [6.07, 6.45) is 10.4. The number of nitrogen functional groups attached to an aromatic ring is 1. The van der Waals surface area contributed by atoms with E-state index in [9.17, 15) is 0 Å². The second kappa shape index (κ2) is 7.25. The maximum atomic E-state index is 7.51. The van der Waals surface area contributed by atoms with Gasteiger partial charge >= 0.3 is 0 Å². The molecule has 4 rings (SSSR count). The summed E-state index contributed by atoms with van der Waals surface area (Å²) in [6, 6.07) is 15.4. The Labute approximate surface area is 157 Å². The molecule has 2 aromatic carbocycles. The van der Waals surface area contributed by atoms with Gasteiger partial charge in [0.25, 0.3) is 0 Å². The van der Waals surface area contributed by atoms with E-state index in [0.29, 0.717) is 17.1 Å². The summed E-state index contributed by atoms with van der Waals surface area (Å²) in [7, 11) is 0. The Hall–Kier alpha value is -3.73. The third-order valence-electron chi connectivity index (χ3n) is 4.34. The summed E-state index contributed by atoms with van der Waals surface area (Å²) >= 11 is 0. The van der Waals surface area contributed by atoms with E-state index in [-0.39, 0.29) is 0 Å². The van der Waals surface area contributed by atoms with Gasteiger partial charge in [-0.3, -0.25) is 0 Å². The van der Waals surface area contributed by atoms with E-state index in [1.54, 1.807) is 6.07 Å². The van der Waals surface area contributed by atoms with Gasteiger partial charge in [-0.1, -0.05) is 48.6 Å². The van der Waals surface area contributed by atoms with E-state index in [2.05, 4.69) is 17.5 Å². The van der Waals surface area contributed by atoms with Gasteiger partial charge in [0.15, 0.2) is 5.82 Å². The molecule has 0 atom stereocenters.